The number of furan rings is 1. The Labute approximate surface area is 197 Å². The van der Waals surface area contributed by atoms with E-state index in [4.69, 9.17) is 9.15 Å². The second kappa shape index (κ2) is 10.4. The van der Waals surface area contributed by atoms with E-state index in [0.29, 0.717) is 18.2 Å². The summed E-state index contributed by atoms with van der Waals surface area (Å²) in [4.78, 5) is 12.8. The van der Waals surface area contributed by atoms with Gasteiger partial charge in [-0.1, -0.05) is 54.2 Å². The number of benzene rings is 2. The predicted molar refractivity (Wildman–Crippen MR) is 128 cm³/mol. The molecule has 0 fully saturated rings. The van der Waals surface area contributed by atoms with Crippen LogP contribution in [-0.2, 0) is 17.9 Å². The van der Waals surface area contributed by atoms with Crippen molar-refractivity contribution >= 4 is 17.7 Å². The fourth-order valence-electron chi connectivity index (χ4n) is 3.39. The second-order valence-corrected chi connectivity index (χ2v) is 8.90. The van der Waals surface area contributed by atoms with Crippen LogP contribution in [0.2, 0.25) is 0 Å². The molecule has 1 N–H and O–H groups in total. The molecule has 2 aromatic heterocycles. The van der Waals surface area contributed by atoms with E-state index in [1.165, 1.54) is 11.8 Å². The number of ether oxygens (including phenoxy) is 1. The molecule has 0 aliphatic rings. The summed E-state index contributed by atoms with van der Waals surface area (Å²) in [7, 11) is 1.63. The van der Waals surface area contributed by atoms with Crippen molar-refractivity contribution in [2.45, 2.75) is 37.3 Å². The van der Waals surface area contributed by atoms with Crippen LogP contribution in [0.5, 0.6) is 5.75 Å². The summed E-state index contributed by atoms with van der Waals surface area (Å²) in [6.45, 7) is 4.82. The zero-order valence-corrected chi connectivity index (χ0v) is 19.6. The lowest BCUT2D eigenvalue weighted by Crippen LogP contribution is -2.30. The molecule has 0 saturated heterocycles. The fourth-order valence-corrected chi connectivity index (χ4v) is 4.26. The third-order valence-corrected chi connectivity index (χ3v) is 6.36. The topological polar surface area (TPSA) is 82.2 Å². The van der Waals surface area contributed by atoms with Crippen LogP contribution in [-0.4, -0.2) is 33.0 Å². The maximum absolute atomic E-state index is 12.8. The number of carbonyl (C=O) groups is 1. The second-order valence-electron chi connectivity index (χ2n) is 7.59. The van der Waals surface area contributed by atoms with E-state index in [1.54, 1.807) is 13.4 Å². The normalized spacial score (nSPS) is 11.8. The molecule has 0 aliphatic heterocycles. The quantitative estimate of drug-likeness (QED) is 0.363. The minimum absolute atomic E-state index is 0.0638. The van der Waals surface area contributed by atoms with E-state index in [-0.39, 0.29) is 11.2 Å². The van der Waals surface area contributed by atoms with Crippen LogP contribution < -0.4 is 10.1 Å². The van der Waals surface area contributed by atoms with Gasteiger partial charge < -0.3 is 14.5 Å². The van der Waals surface area contributed by atoms with E-state index < -0.39 is 0 Å². The molecule has 0 spiro atoms. The van der Waals surface area contributed by atoms with E-state index in [1.807, 2.05) is 66.9 Å². The van der Waals surface area contributed by atoms with Crippen LogP contribution in [0.4, 0.5) is 0 Å². The number of nitrogens with one attached hydrogen (secondary N) is 1. The molecule has 4 rings (SSSR count). The van der Waals surface area contributed by atoms with Gasteiger partial charge in [-0.3, -0.25) is 9.36 Å². The lowest BCUT2D eigenvalue weighted by molar-refractivity contribution is -0.120. The van der Waals surface area contributed by atoms with Gasteiger partial charge >= 0.3 is 0 Å². The molecule has 0 aliphatic carbocycles. The highest BCUT2D eigenvalue weighted by atomic mass is 32.2. The SMILES string of the molecule is COc1ccc(CNC(=O)[C@@H](C)Sc2nnc(-c3ccoc3C)n2Cc2ccccc2)cc1. The third kappa shape index (κ3) is 5.46. The number of carbonyl (C=O) groups excluding carboxylic acids is 1. The molecule has 7 nitrogen and oxygen atoms in total. The van der Waals surface area contributed by atoms with Gasteiger partial charge in [0.25, 0.3) is 0 Å². The zero-order valence-electron chi connectivity index (χ0n) is 18.8. The molecule has 33 heavy (non-hydrogen) atoms. The van der Waals surface area contributed by atoms with Crippen molar-refractivity contribution in [3.8, 4) is 17.1 Å². The standard InChI is InChI=1S/C25H26N4O3S/c1-17-22(13-14-32-17)23-27-28-25(29(23)16-20-7-5-4-6-8-20)33-18(2)24(30)26-15-19-9-11-21(31-3)12-10-19/h4-14,18H,15-16H2,1-3H3,(H,26,30)/t18-/m1/s1. The average Bonchev–Trinajstić information content (AvgIpc) is 3.44. The Hall–Kier alpha value is -3.52. The van der Waals surface area contributed by atoms with E-state index >= 15 is 0 Å². The van der Waals surface area contributed by atoms with E-state index in [0.717, 1.165) is 34.0 Å². The van der Waals surface area contributed by atoms with Crippen LogP contribution in [0, 0.1) is 6.92 Å². The Balaban J connectivity index is 1.49. The number of nitrogens with zero attached hydrogens (tertiary/aromatic N) is 3. The molecule has 2 aromatic carbocycles. The lowest BCUT2D eigenvalue weighted by atomic mass is 10.2. The summed E-state index contributed by atoms with van der Waals surface area (Å²) in [6.07, 6.45) is 1.65. The molecular weight excluding hydrogens is 436 g/mol. The summed E-state index contributed by atoms with van der Waals surface area (Å²) in [6, 6.07) is 19.6. The number of rotatable bonds is 9. The Morgan fingerprint density at radius 2 is 1.85 bits per heavy atom. The van der Waals surface area contributed by atoms with Gasteiger partial charge in [0.15, 0.2) is 11.0 Å². The van der Waals surface area contributed by atoms with Crippen molar-refractivity contribution in [2.75, 3.05) is 7.11 Å². The van der Waals surface area contributed by atoms with Crippen LogP contribution in [0.25, 0.3) is 11.4 Å². The van der Waals surface area contributed by atoms with E-state index in [2.05, 4.69) is 27.6 Å². The molecule has 1 atom stereocenters. The number of hydrogen-bond donors (Lipinski definition) is 1. The molecule has 170 valence electrons. The zero-order chi connectivity index (χ0) is 23.2. The molecule has 8 heteroatoms. The molecule has 0 radical (unpaired) electrons. The summed E-state index contributed by atoms with van der Waals surface area (Å²) >= 11 is 1.39. The fraction of sp³-hybridized carbons (Fsp3) is 0.240. The minimum Gasteiger partial charge on any atom is -0.497 e. The van der Waals surface area contributed by atoms with Crippen molar-refractivity contribution in [3.05, 3.63) is 83.8 Å². The molecule has 2 heterocycles. The van der Waals surface area contributed by atoms with Gasteiger partial charge in [0, 0.05) is 6.54 Å². The van der Waals surface area contributed by atoms with Crippen molar-refractivity contribution in [1.29, 1.82) is 0 Å². The van der Waals surface area contributed by atoms with Crippen LogP contribution in [0.3, 0.4) is 0 Å². The first-order valence-electron chi connectivity index (χ1n) is 10.6. The largest absolute Gasteiger partial charge is 0.497 e. The van der Waals surface area contributed by atoms with Crippen LogP contribution >= 0.6 is 11.8 Å². The summed E-state index contributed by atoms with van der Waals surface area (Å²) in [5.74, 6) is 2.22. The first-order chi connectivity index (χ1) is 16.0. The number of hydrogen-bond acceptors (Lipinski definition) is 6. The van der Waals surface area contributed by atoms with Gasteiger partial charge in [0.2, 0.25) is 5.91 Å². The Kier molecular flexibility index (Phi) is 7.14. The van der Waals surface area contributed by atoms with Gasteiger partial charge in [0.1, 0.15) is 11.5 Å². The van der Waals surface area contributed by atoms with Crippen LogP contribution in [0.15, 0.2) is 76.5 Å². The highest BCUT2D eigenvalue weighted by Gasteiger charge is 2.22. The molecule has 1 amide bonds. The maximum atomic E-state index is 12.8. The molecule has 0 bridgehead atoms. The van der Waals surface area contributed by atoms with Crippen molar-refractivity contribution in [1.82, 2.24) is 20.1 Å². The third-order valence-electron chi connectivity index (χ3n) is 5.28. The molecule has 0 unspecified atom stereocenters. The van der Waals surface area contributed by atoms with Gasteiger partial charge in [0.05, 0.1) is 30.7 Å². The van der Waals surface area contributed by atoms with Crippen LogP contribution in [0.1, 0.15) is 23.8 Å². The Morgan fingerprint density at radius 1 is 1.09 bits per heavy atom. The maximum Gasteiger partial charge on any atom is 0.233 e. The smallest absolute Gasteiger partial charge is 0.233 e. The number of aryl methyl sites for hydroxylation is 1. The molecule has 4 aromatic rings. The van der Waals surface area contributed by atoms with Crippen molar-refractivity contribution in [3.63, 3.8) is 0 Å². The summed E-state index contributed by atoms with van der Waals surface area (Å²) in [5.41, 5.74) is 3.02. The van der Waals surface area contributed by atoms with Crippen molar-refractivity contribution in [2.24, 2.45) is 0 Å². The summed E-state index contributed by atoms with van der Waals surface area (Å²) in [5, 5.41) is 12.2. The first kappa shape index (κ1) is 22.7. The summed E-state index contributed by atoms with van der Waals surface area (Å²) < 4.78 is 12.7. The van der Waals surface area contributed by atoms with E-state index in [9.17, 15) is 4.79 Å². The highest BCUT2D eigenvalue weighted by molar-refractivity contribution is 8.00. The Morgan fingerprint density at radius 3 is 2.52 bits per heavy atom. The number of amides is 1. The van der Waals surface area contributed by atoms with Gasteiger partial charge in [-0.15, -0.1) is 10.2 Å². The average molecular weight is 463 g/mol. The number of thioether (sulfide) groups is 1. The monoisotopic (exact) mass is 462 g/mol. The number of aromatic nitrogens is 3. The highest BCUT2D eigenvalue weighted by Crippen LogP contribution is 2.30. The molecule has 0 saturated carbocycles. The van der Waals surface area contributed by atoms with Gasteiger partial charge in [-0.05, 0) is 43.2 Å². The van der Waals surface area contributed by atoms with Gasteiger partial charge in [-0.2, -0.15) is 0 Å². The number of methoxy groups -OCH3 is 1. The van der Waals surface area contributed by atoms with Crippen molar-refractivity contribution < 1.29 is 13.9 Å². The molecular formula is C25H26N4O3S. The lowest BCUT2D eigenvalue weighted by Gasteiger charge is -2.14. The first-order valence-corrected chi connectivity index (χ1v) is 11.5. The minimum atomic E-state index is -0.347. The predicted octanol–water partition coefficient (Wildman–Crippen LogP) is 4.70. The Bertz CT molecular complexity index is 1200. The van der Waals surface area contributed by atoms with Gasteiger partial charge in [-0.25, -0.2) is 0 Å².